The number of nitrogens with zero attached hydrogens (tertiary/aromatic N) is 1. The van der Waals surface area contributed by atoms with Crippen LogP contribution in [0.4, 0.5) is 4.79 Å². The van der Waals surface area contributed by atoms with Crippen LogP contribution in [0.1, 0.15) is 11.8 Å². The minimum Gasteiger partial charge on any atom is -0.457 e. The Labute approximate surface area is 165 Å². The van der Waals surface area contributed by atoms with Gasteiger partial charge in [0.1, 0.15) is 22.1 Å². The molecule has 0 radical (unpaired) electrons. The van der Waals surface area contributed by atoms with Crippen LogP contribution in [0, 0.1) is 11.8 Å². The summed E-state index contributed by atoms with van der Waals surface area (Å²) in [4.78, 5) is 15.9. The number of aromatic nitrogens is 1. The highest BCUT2D eigenvalue weighted by Crippen LogP contribution is 2.28. The van der Waals surface area contributed by atoms with Crippen LogP contribution in [-0.2, 0) is 0 Å². The summed E-state index contributed by atoms with van der Waals surface area (Å²) in [6.45, 7) is 1.69. The van der Waals surface area contributed by atoms with Crippen molar-refractivity contribution in [2.45, 2.75) is 13.0 Å². The van der Waals surface area contributed by atoms with Gasteiger partial charge in [0.05, 0.1) is 12.2 Å². The largest absolute Gasteiger partial charge is 0.457 e. The lowest BCUT2D eigenvalue weighted by atomic mass is 10.3. The lowest BCUT2D eigenvalue weighted by Gasteiger charge is -2.06. The van der Waals surface area contributed by atoms with Crippen LogP contribution in [0.5, 0.6) is 22.4 Å². The molecule has 8 heteroatoms. The van der Waals surface area contributed by atoms with E-state index in [0.29, 0.717) is 21.6 Å². The second-order valence-electron chi connectivity index (χ2n) is 5.56. The van der Waals surface area contributed by atoms with E-state index >= 15 is 0 Å². The van der Waals surface area contributed by atoms with Gasteiger partial charge in [-0.05, 0) is 43.3 Å². The van der Waals surface area contributed by atoms with Crippen LogP contribution in [-0.4, -0.2) is 22.3 Å². The van der Waals surface area contributed by atoms with Gasteiger partial charge in [-0.1, -0.05) is 41.4 Å². The summed E-state index contributed by atoms with van der Waals surface area (Å²) in [5, 5.41) is 11.4. The van der Waals surface area contributed by atoms with Crippen molar-refractivity contribution < 1.29 is 19.5 Å². The monoisotopic (exact) mass is 395 g/mol. The summed E-state index contributed by atoms with van der Waals surface area (Å²) in [6, 6.07) is 15.6. The molecule has 7 nitrogen and oxygen atoms in total. The number of carbonyl (C=O) groups is 1. The molecular weight excluding hydrogens is 378 g/mol. The number of para-hydroxylation sites is 1. The zero-order chi connectivity index (χ0) is 19.8. The SMILES string of the molecule is CC(C#Cc1cnc(Oc2ccc(Oc3ccccc3)cc2)s1)NC(=O)NO. The molecule has 2 amide bonds. The summed E-state index contributed by atoms with van der Waals surface area (Å²) >= 11 is 1.29. The number of rotatable bonds is 5. The van der Waals surface area contributed by atoms with Gasteiger partial charge < -0.3 is 14.8 Å². The summed E-state index contributed by atoms with van der Waals surface area (Å²) in [7, 11) is 0. The number of hydroxylamine groups is 1. The number of thiazole rings is 1. The van der Waals surface area contributed by atoms with Gasteiger partial charge in [0.25, 0.3) is 5.19 Å². The van der Waals surface area contributed by atoms with Gasteiger partial charge >= 0.3 is 6.03 Å². The molecule has 3 aromatic rings. The highest BCUT2D eigenvalue weighted by Gasteiger charge is 2.05. The second kappa shape index (κ2) is 9.41. The van der Waals surface area contributed by atoms with Crippen molar-refractivity contribution in [1.29, 1.82) is 0 Å². The third-order valence-corrected chi connectivity index (χ3v) is 4.14. The van der Waals surface area contributed by atoms with E-state index in [-0.39, 0.29) is 0 Å². The maximum absolute atomic E-state index is 11.0. The first-order valence-electron chi connectivity index (χ1n) is 8.31. The fourth-order valence-electron chi connectivity index (χ4n) is 2.11. The van der Waals surface area contributed by atoms with Crippen molar-refractivity contribution in [3.8, 4) is 34.3 Å². The molecule has 0 spiro atoms. The predicted molar refractivity (Wildman–Crippen MR) is 105 cm³/mol. The van der Waals surface area contributed by atoms with Crippen LogP contribution in [0.25, 0.3) is 0 Å². The predicted octanol–water partition coefficient (Wildman–Crippen LogP) is 4.16. The molecule has 1 heterocycles. The molecule has 1 aromatic heterocycles. The molecule has 0 fully saturated rings. The molecule has 0 saturated carbocycles. The molecule has 0 aliphatic heterocycles. The molecule has 0 aliphatic carbocycles. The second-order valence-corrected chi connectivity index (χ2v) is 6.55. The van der Waals surface area contributed by atoms with Crippen LogP contribution in [0.15, 0.2) is 60.8 Å². The van der Waals surface area contributed by atoms with Crippen molar-refractivity contribution in [3.05, 3.63) is 65.7 Å². The standard InChI is InChI=1S/C20H17N3O4S/c1-14(22-19(24)23-25)7-12-18-13-21-20(28-18)27-17-10-8-16(9-11-17)26-15-5-3-2-4-6-15/h2-6,8-11,13-14,25H,1H3,(H2,22,23,24). The summed E-state index contributed by atoms with van der Waals surface area (Å²) in [5.41, 5.74) is 1.49. The van der Waals surface area contributed by atoms with Gasteiger partial charge in [0, 0.05) is 0 Å². The number of amides is 2. The van der Waals surface area contributed by atoms with Crippen LogP contribution in [0.3, 0.4) is 0 Å². The number of nitrogens with one attached hydrogen (secondary N) is 2. The van der Waals surface area contributed by atoms with Crippen molar-refractivity contribution >= 4 is 17.4 Å². The topological polar surface area (TPSA) is 92.7 Å². The van der Waals surface area contributed by atoms with Crippen LogP contribution >= 0.6 is 11.3 Å². The normalized spacial score (nSPS) is 10.9. The van der Waals surface area contributed by atoms with Crippen LogP contribution in [0.2, 0.25) is 0 Å². The third kappa shape index (κ3) is 5.74. The molecule has 3 N–H and O–H groups in total. The molecular formula is C20H17N3O4S. The summed E-state index contributed by atoms with van der Waals surface area (Å²) < 4.78 is 11.5. The van der Waals surface area contributed by atoms with Gasteiger partial charge in [0.2, 0.25) is 0 Å². The Kier molecular flexibility index (Phi) is 6.46. The molecule has 1 unspecified atom stereocenters. The zero-order valence-corrected chi connectivity index (χ0v) is 15.7. The van der Waals surface area contributed by atoms with E-state index in [1.54, 1.807) is 25.3 Å². The Morgan fingerprint density at radius 3 is 2.39 bits per heavy atom. The van der Waals surface area contributed by atoms with Crippen molar-refractivity contribution in [2.75, 3.05) is 0 Å². The van der Waals surface area contributed by atoms with E-state index in [4.69, 9.17) is 14.7 Å². The lowest BCUT2D eigenvalue weighted by molar-refractivity contribution is 0.161. The maximum atomic E-state index is 11.0. The number of carbonyl (C=O) groups excluding carboxylic acids is 1. The average Bonchev–Trinajstić information content (AvgIpc) is 3.16. The van der Waals surface area contributed by atoms with E-state index in [1.165, 1.54) is 16.8 Å². The quantitative estimate of drug-likeness (QED) is 0.343. The smallest absolute Gasteiger partial charge is 0.339 e. The fourth-order valence-corrected chi connectivity index (χ4v) is 2.76. The molecule has 0 bridgehead atoms. The first kappa shape index (κ1) is 19.2. The molecule has 2 aromatic carbocycles. The van der Waals surface area contributed by atoms with E-state index in [1.807, 2.05) is 42.5 Å². The summed E-state index contributed by atoms with van der Waals surface area (Å²) in [5.74, 6) is 7.83. The molecule has 28 heavy (non-hydrogen) atoms. The number of urea groups is 1. The Hall–Kier alpha value is -3.54. The van der Waals surface area contributed by atoms with Crippen molar-refractivity contribution in [1.82, 2.24) is 15.8 Å². The van der Waals surface area contributed by atoms with E-state index in [9.17, 15) is 4.79 Å². The van der Waals surface area contributed by atoms with Gasteiger partial charge in [-0.2, -0.15) is 0 Å². The number of hydrogen-bond donors (Lipinski definition) is 3. The first-order chi connectivity index (χ1) is 13.6. The lowest BCUT2D eigenvalue weighted by Crippen LogP contribution is -2.38. The Morgan fingerprint density at radius 1 is 1.07 bits per heavy atom. The fraction of sp³-hybridized carbons (Fsp3) is 0.100. The molecule has 1 atom stereocenters. The number of hydrogen-bond acceptors (Lipinski definition) is 6. The maximum Gasteiger partial charge on any atom is 0.339 e. The number of benzene rings is 2. The van der Waals surface area contributed by atoms with E-state index in [2.05, 4.69) is 22.1 Å². The highest BCUT2D eigenvalue weighted by atomic mass is 32.1. The average molecular weight is 395 g/mol. The molecule has 0 aliphatic rings. The van der Waals surface area contributed by atoms with E-state index < -0.39 is 12.1 Å². The highest BCUT2D eigenvalue weighted by molar-refractivity contribution is 7.13. The Balaban J connectivity index is 1.57. The first-order valence-corrected chi connectivity index (χ1v) is 9.13. The zero-order valence-electron chi connectivity index (χ0n) is 14.9. The van der Waals surface area contributed by atoms with Gasteiger partial charge in [-0.3, -0.25) is 5.21 Å². The molecule has 142 valence electrons. The summed E-state index contributed by atoms with van der Waals surface area (Å²) in [6.07, 6.45) is 1.60. The molecule has 0 saturated heterocycles. The van der Waals surface area contributed by atoms with E-state index in [0.717, 1.165) is 5.75 Å². The Morgan fingerprint density at radius 2 is 1.71 bits per heavy atom. The minimum atomic E-state index is -0.713. The molecule has 3 rings (SSSR count). The van der Waals surface area contributed by atoms with Gasteiger partial charge in [-0.15, -0.1) is 0 Å². The van der Waals surface area contributed by atoms with Crippen molar-refractivity contribution in [3.63, 3.8) is 0 Å². The van der Waals surface area contributed by atoms with Crippen molar-refractivity contribution in [2.24, 2.45) is 0 Å². The minimum absolute atomic E-state index is 0.434. The Bertz CT molecular complexity index is 978. The van der Waals surface area contributed by atoms with Crippen LogP contribution < -0.4 is 20.3 Å². The third-order valence-electron chi connectivity index (χ3n) is 3.35. The van der Waals surface area contributed by atoms with Gasteiger partial charge in [-0.25, -0.2) is 15.3 Å². The number of ether oxygens (including phenoxy) is 2. The van der Waals surface area contributed by atoms with Gasteiger partial charge in [0.15, 0.2) is 0 Å².